The Hall–Kier alpha value is -2.55. The molecule has 0 fully saturated rings. The summed E-state index contributed by atoms with van der Waals surface area (Å²) in [6.45, 7) is 4.04. The van der Waals surface area contributed by atoms with Gasteiger partial charge in [-0.15, -0.1) is 0 Å². The summed E-state index contributed by atoms with van der Waals surface area (Å²) >= 11 is 0. The fourth-order valence-electron chi connectivity index (χ4n) is 2.36. The van der Waals surface area contributed by atoms with Gasteiger partial charge in [0.1, 0.15) is 11.4 Å². The van der Waals surface area contributed by atoms with Gasteiger partial charge in [0, 0.05) is 5.56 Å². The summed E-state index contributed by atoms with van der Waals surface area (Å²) in [5.41, 5.74) is 3.08. The minimum Gasteiger partial charge on any atom is -0.483 e. The maximum absolute atomic E-state index is 10.9. The molecule has 0 radical (unpaired) electrons. The fraction of sp³-hybridized carbons (Fsp3) is 0.167. The van der Waals surface area contributed by atoms with Crippen molar-refractivity contribution in [1.82, 2.24) is 0 Å². The molecule has 0 aliphatic carbocycles. The van der Waals surface area contributed by atoms with Crippen molar-refractivity contribution in [3.05, 3.63) is 59.7 Å². The molecule has 2 aromatic rings. The number of fused-ring (bicyclic) bond motifs is 1. The largest absolute Gasteiger partial charge is 0.483 e. The highest BCUT2D eigenvalue weighted by Gasteiger charge is 2.21. The molecule has 0 bridgehead atoms. The van der Waals surface area contributed by atoms with E-state index in [4.69, 9.17) is 9.84 Å². The molecule has 0 saturated heterocycles. The third-order valence-electron chi connectivity index (χ3n) is 3.51. The van der Waals surface area contributed by atoms with E-state index in [1.165, 1.54) is 0 Å². The second kappa shape index (κ2) is 4.77. The molecule has 106 valence electrons. The topological polar surface area (TPSA) is 46.5 Å². The Morgan fingerprint density at radius 1 is 1.05 bits per heavy atom. The summed E-state index contributed by atoms with van der Waals surface area (Å²) in [6.07, 6.45) is 4.10. The first-order chi connectivity index (χ1) is 9.94. The Morgan fingerprint density at radius 3 is 2.38 bits per heavy atom. The minimum atomic E-state index is -0.912. The van der Waals surface area contributed by atoms with Gasteiger partial charge in [-0.05, 0) is 55.3 Å². The first-order valence-electron chi connectivity index (χ1n) is 6.81. The van der Waals surface area contributed by atoms with E-state index in [1.807, 2.05) is 44.2 Å². The van der Waals surface area contributed by atoms with Crippen molar-refractivity contribution in [2.75, 3.05) is 0 Å². The van der Waals surface area contributed by atoms with Crippen molar-refractivity contribution >= 4 is 12.0 Å². The van der Waals surface area contributed by atoms with Crippen molar-refractivity contribution < 1.29 is 14.6 Å². The van der Waals surface area contributed by atoms with E-state index in [0.717, 1.165) is 22.4 Å². The van der Waals surface area contributed by atoms with E-state index in [1.54, 1.807) is 12.1 Å². The van der Waals surface area contributed by atoms with Gasteiger partial charge >= 0.3 is 5.97 Å². The van der Waals surface area contributed by atoms with Gasteiger partial charge in [-0.25, -0.2) is 4.79 Å². The highest BCUT2D eigenvalue weighted by Crippen LogP contribution is 2.34. The lowest BCUT2D eigenvalue weighted by Crippen LogP contribution is -2.27. The number of rotatable bonds is 2. The summed E-state index contributed by atoms with van der Waals surface area (Å²) in [6, 6.07) is 12.9. The maximum Gasteiger partial charge on any atom is 0.335 e. The Morgan fingerprint density at radius 2 is 1.71 bits per heavy atom. The number of hydrogen-bond acceptors (Lipinski definition) is 2. The Balaban J connectivity index is 1.96. The number of carbonyl (C=O) groups is 1. The minimum absolute atomic E-state index is 0.280. The molecule has 0 unspecified atom stereocenters. The molecule has 0 spiro atoms. The van der Waals surface area contributed by atoms with Crippen LogP contribution in [0.15, 0.2) is 48.5 Å². The highest BCUT2D eigenvalue weighted by molar-refractivity contribution is 5.88. The third kappa shape index (κ3) is 2.68. The lowest BCUT2D eigenvalue weighted by atomic mass is 9.97. The molecule has 2 aromatic carbocycles. The monoisotopic (exact) mass is 280 g/mol. The molecule has 0 saturated carbocycles. The summed E-state index contributed by atoms with van der Waals surface area (Å²) in [7, 11) is 0. The number of hydrogen-bond donors (Lipinski definition) is 1. The van der Waals surface area contributed by atoms with E-state index in [9.17, 15) is 4.79 Å². The summed E-state index contributed by atoms with van der Waals surface area (Å²) < 4.78 is 5.90. The molecule has 1 N–H and O–H groups in total. The average molecular weight is 280 g/mol. The Labute approximate surface area is 123 Å². The lowest BCUT2D eigenvalue weighted by molar-refractivity contribution is 0.0697. The van der Waals surface area contributed by atoms with Crippen molar-refractivity contribution in [2.45, 2.75) is 19.4 Å². The predicted molar refractivity (Wildman–Crippen MR) is 82.6 cm³/mol. The number of ether oxygens (including phenoxy) is 1. The molecule has 0 atom stereocenters. The van der Waals surface area contributed by atoms with Crippen molar-refractivity contribution in [2.24, 2.45) is 0 Å². The van der Waals surface area contributed by atoms with Crippen LogP contribution in [-0.4, -0.2) is 16.7 Å². The summed E-state index contributed by atoms with van der Waals surface area (Å²) in [5.74, 6) is -0.0426. The van der Waals surface area contributed by atoms with Gasteiger partial charge in [0.15, 0.2) is 0 Å². The van der Waals surface area contributed by atoms with E-state index in [-0.39, 0.29) is 5.60 Å². The molecule has 21 heavy (non-hydrogen) atoms. The van der Waals surface area contributed by atoms with Crippen LogP contribution in [0.5, 0.6) is 5.75 Å². The molecule has 0 aromatic heterocycles. The number of carboxylic acid groups (broad SMARTS) is 1. The van der Waals surface area contributed by atoms with E-state index < -0.39 is 5.97 Å². The Bertz CT molecular complexity index is 725. The van der Waals surface area contributed by atoms with Crippen molar-refractivity contribution in [1.29, 1.82) is 0 Å². The van der Waals surface area contributed by atoms with Crippen LogP contribution in [-0.2, 0) is 0 Å². The lowest BCUT2D eigenvalue weighted by Gasteiger charge is -2.28. The first-order valence-corrected chi connectivity index (χ1v) is 6.81. The second-order valence-corrected chi connectivity index (χ2v) is 5.67. The molecular formula is C18H16O3. The zero-order valence-corrected chi connectivity index (χ0v) is 12.0. The van der Waals surface area contributed by atoms with Crippen LogP contribution >= 0.6 is 0 Å². The maximum atomic E-state index is 10.9. The van der Waals surface area contributed by atoms with Crippen LogP contribution in [0.1, 0.15) is 29.8 Å². The van der Waals surface area contributed by atoms with Gasteiger partial charge in [-0.2, -0.15) is 0 Å². The predicted octanol–water partition coefficient (Wildman–Crippen LogP) is 4.24. The quantitative estimate of drug-likeness (QED) is 0.895. The Kier molecular flexibility index (Phi) is 3.05. The molecule has 1 aliphatic rings. The number of aromatic carboxylic acids is 1. The average Bonchev–Trinajstić information content (AvgIpc) is 2.46. The van der Waals surface area contributed by atoms with Gasteiger partial charge in [0.2, 0.25) is 0 Å². The third-order valence-corrected chi connectivity index (χ3v) is 3.51. The van der Waals surface area contributed by atoms with E-state index in [2.05, 4.69) is 12.1 Å². The number of benzene rings is 2. The SMILES string of the molecule is CC1(C)C=Cc2cc(-c3ccc(C(=O)O)cc3)ccc2O1. The zero-order chi connectivity index (χ0) is 15.0. The molecule has 1 aliphatic heterocycles. The van der Waals surface area contributed by atoms with Gasteiger partial charge in [0.25, 0.3) is 0 Å². The molecule has 1 heterocycles. The smallest absolute Gasteiger partial charge is 0.335 e. The molecule has 3 nitrogen and oxygen atoms in total. The van der Waals surface area contributed by atoms with Crippen LogP contribution < -0.4 is 4.74 Å². The molecule has 3 rings (SSSR count). The molecule has 0 amide bonds. The van der Waals surface area contributed by atoms with Gasteiger partial charge in [-0.3, -0.25) is 0 Å². The fourth-order valence-corrected chi connectivity index (χ4v) is 2.36. The summed E-state index contributed by atoms with van der Waals surface area (Å²) in [5, 5.41) is 8.93. The van der Waals surface area contributed by atoms with Crippen LogP contribution in [0.25, 0.3) is 17.2 Å². The van der Waals surface area contributed by atoms with Crippen molar-refractivity contribution in [3.8, 4) is 16.9 Å². The van der Waals surface area contributed by atoms with Gasteiger partial charge in [-0.1, -0.05) is 24.3 Å². The van der Waals surface area contributed by atoms with E-state index in [0.29, 0.717) is 5.56 Å². The van der Waals surface area contributed by atoms with Crippen molar-refractivity contribution in [3.63, 3.8) is 0 Å². The van der Waals surface area contributed by atoms with Crippen LogP contribution in [0, 0.1) is 0 Å². The molecule has 3 heteroatoms. The van der Waals surface area contributed by atoms with Gasteiger partial charge in [0.05, 0.1) is 5.56 Å². The van der Waals surface area contributed by atoms with Crippen LogP contribution in [0.4, 0.5) is 0 Å². The molecular weight excluding hydrogens is 264 g/mol. The normalized spacial score (nSPS) is 15.1. The van der Waals surface area contributed by atoms with Gasteiger partial charge < -0.3 is 9.84 Å². The zero-order valence-electron chi connectivity index (χ0n) is 12.0. The first kappa shape index (κ1) is 13.4. The van der Waals surface area contributed by atoms with Crippen LogP contribution in [0.2, 0.25) is 0 Å². The van der Waals surface area contributed by atoms with Crippen LogP contribution in [0.3, 0.4) is 0 Å². The second-order valence-electron chi connectivity index (χ2n) is 5.67. The standard InChI is InChI=1S/C18H16O3/c1-18(2)10-9-15-11-14(7-8-16(15)21-18)12-3-5-13(6-4-12)17(19)20/h3-11H,1-2H3,(H,19,20). The van der Waals surface area contributed by atoms with E-state index >= 15 is 0 Å². The number of carboxylic acids is 1. The summed E-state index contributed by atoms with van der Waals surface area (Å²) in [4.78, 5) is 10.9. The highest BCUT2D eigenvalue weighted by atomic mass is 16.5.